The number of rotatable bonds is 6. The van der Waals surface area contributed by atoms with Crippen molar-refractivity contribution in [1.82, 2.24) is 0 Å². The van der Waals surface area contributed by atoms with Crippen molar-refractivity contribution >= 4 is 5.97 Å². The minimum absolute atomic E-state index is 0.213. The zero-order valence-corrected chi connectivity index (χ0v) is 7.40. The van der Waals surface area contributed by atoms with Crippen LogP contribution in [0.2, 0.25) is 0 Å². The summed E-state index contributed by atoms with van der Waals surface area (Å²) >= 11 is 0. The first-order valence-electron chi connectivity index (χ1n) is 4.13. The minimum Gasteiger partial charge on any atom is -0.479 e. The van der Waals surface area contributed by atoms with Crippen LogP contribution in [0.4, 0.5) is 13.2 Å². The van der Waals surface area contributed by atoms with Gasteiger partial charge in [-0.05, 0) is 12.8 Å². The average molecular weight is 198 g/mol. The highest BCUT2D eigenvalue weighted by Crippen LogP contribution is 2.26. The fourth-order valence-corrected chi connectivity index (χ4v) is 1.07. The maximum atomic E-state index is 13.3. The molecule has 0 saturated heterocycles. The van der Waals surface area contributed by atoms with Gasteiger partial charge >= 0.3 is 5.97 Å². The van der Waals surface area contributed by atoms with Gasteiger partial charge in [0, 0.05) is 6.42 Å². The summed E-state index contributed by atoms with van der Waals surface area (Å²) in [6.07, 6.45) is -3.86. The van der Waals surface area contributed by atoms with Gasteiger partial charge < -0.3 is 5.11 Å². The first-order valence-corrected chi connectivity index (χ1v) is 4.13. The zero-order chi connectivity index (χ0) is 10.5. The molecule has 1 atom stereocenters. The molecule has 0 radical (unpaired) electrons. The SMILES string of the molecule is CCCC(F)(CCC(F)F)C(=O)O. The van der Waals surface area contributed by atoms with Gasteiger partial charge in [0.25, 0.3) is 0 Å². The summed E-state index contributed by atoms with van der Waals surface area (Å²) in [4.78, 5) is 10.4. The van der Waals surface area contributed by atoms with Crippen molar-refractivity contribution < 1.29 is 23.1 Å². The summed E-state index contributed by atoms with van der Waals surface area (Å²) in [5, 5.41) is 8.46. The van der Waals surface area contributed by atoms with Crippen LogP contribution in [0.5, 0.6) is 0 Å². The van der Waals surface area contributed by atoms with E-state index in [9.17, 15) is 18.0 Å². The number of hydrogen-bond donors (Lipinski definition) is 1. The van der Waals surface area contributed by atoms with Crippen molar-refractivity contribution in [3.05, 3.63) is 0 Å². The first-order chi connectivity index (χ1) is 5.92. The number of aliphatic carboxylic acids is 1. The third-order valence-corrected chi connectivity index (χ3v) is 1.79. The normalized spacial score (nSPS) is 15.8. The molecule has 5 heteroatoms. The number of carbonyl (C=O) groups is 1. The Morgan fingerprint density at radius 3 is 2.31 bits per heavy atom. The number of halogens is 3. The smallest absolute Gasteiger partial charge is 0.341 e. The Kier molecular flexibility index (Phi) is 4.80. The van der Waals surface area contributed by atoms with Gasteiger partial charge in [0.1, 0.15) is 0 Å². The molecule has 0 aliphatic heterocycles. The van der Waals surface area contributed by atoms with Crippen molar-refractivity contribution in [1.29, 1.82) is 0 Å². The van der Waals surface area contributed by atoms with Crippen LogP contribution in [0, 0.1) is 0 Å². The lowest BCUT2D eigenvalue weighted by atomic mass is 9.95. The lowest BCUT2D eigenvalue weighted by molar-refractivity contribution is -0.152. The summed E-state index contributed by atoms with van der Waals surface area (Å²) in [5.41, 5.74) is -2.48. The zero-order valence-electron chi connectivity index (χ0n) is 7.40. The Morgan fingerprint density at radius 2 is 2.00 bits per heavy atom. The Bertz CT molecular complexity index is 173. The molecule has 2 nitrogen and oxygen atoms in total. The third-order valence-electron chi connectivity index (χ3n) is 1.79. The fraction of sp³-hybridized carbons (Fsp3) is 0.875. The molecule has 1 N–H and O–H groups in total. The minimum atomic E-state index is -2.65. The molecule has 0 aliphatic rings. The monoisotopic (exact) mass is 198 g/mol. The molecule has 0 heterocycles. The second kappa shape index (κ2) is 5.09. The molecule has 0 rings (SSSR count). The molecule has 78 valence electrons. The maximum absolute atomic E-state index is 13.3. The highest BCUT2D eigenvalue weighted by Gasteiger charge is 2.37. The fourth-order valence-electron chi connectivity index (χ4n) is 1.07. The standard InChI is InChI=1S/C8H13F3O2/c1-2-4-8(11,7(12)13)5-3-6(9)10/h6H,2-5H2,1H3,(H,12,13). The molecule has 0 aromatic carbocycles. The summed E-state index contributed by atoms with van der Waals surface area (Å²) in [6.45, 7) is 1.61. The topological polar surface area (TPSA) is 37.3 Å². The van der Waals surface area contributed by atoms with Crippen LogP contribution in [0.1, 0.15) is 32.6 Å². The summed E-state index contributed by atoms with van der Waals surface area (Å²) < 4.78 is 36.8. The second-order valence-corrected chi connectivity index (χ2v) is 2.95. The predicted molar refractivity (Wildman–Crippen MR) is 41.6 cm³/mol. The van der Waals surface area contributed by atoms with Gasteiger partial charge in [0.2, 0.25) is 12.1 Å². The molecule has 0 aliphatic carbocycles. The van der Waals surface area contributed by atoms with E-state index in [-0.39, 0.29) is 6.42 Å². The van der Waals surface area contributed by atoms with Crippen molar-refractivity contribution in [2.75, 3.05) is 0 Å². The lowest BCUT2D eigenvalue weighted by Crippen LogP contribution is -2.34. The Hall–Kier alpha value is -0.740. The van der Waals surface area contributed by atoms with E-state index in [2.05, 4.69) is 0 Å². The number of alkyl halides is 3. The molecule has 13 heavy (non-hydrogen) atoms. The number of hydrogen-bond acceptors (Lipinski definition) is 1. The van der Waals surface area contributed by atoms with Gasteiger partial charge in [-0.1, -0.05) is 13.3 Å². The second-order valence-electron chi connectivity index (χ2n) is 2.95. The summed E-state index contributed by atoms with van der Waals surface area (Å²) in [5.74, 6) is -1.64. The van der Waals surface area contributed by atoms with E-state index in [1.165, 1.54) is 0 Å². The van der Waals surface area contributed by atoms with Crippen LogP contribution in [0.25, 0.3) is 0 Å². The Labute approximate surface area is 74.7 Å². The van der Waals surface area contributed by atoms with E-state index in [0.717, 1.165) is 0 Å². The van der Waals surface area contributed by atoms with E-state index in [0.29, 0.717) is 6.42 Å². The van der Waals surface area contributed by atoms with Crippen LogP contribution in [0.15, 0.2) is 0 Å². The van der Waals surface area contributed by atoms with Crippen molar-refractivity contribution in [2.24, 2.45) is 0 Å². The van der Waals surface area contributed by atoms with E-state index in [4.69, 9.17) is 5.11 Å². The Morgan fingerprint density at radius 1 is 1.46 bits per heavy atom. The van der Waals surface area contributed by atoms with Gasteiger partial charge in [-0.3, -0.25) is 0 Å². The van der Waals surface area contributed by atoms with Crippen LogP contribution in [-0.4, -0.2) is 23.2 Å². The molecule has 0 saturated carbocycles. The number of carboxylic acids is 1. The highest BCUT2D eigenvalue weighted by molar-refractivity contribution is 5.77. The van der Waals surface area contributed by atoms with Gasteiger partial charge in [-0.2, -0.15) is 0 Å². The lowest BCUT2D eigenvalue weighted by Gasteiger charge is -2.19. The van der Waals surface area contributed by atoms with E-state index >= 15 is 0 Å². The molecule has 0 aromatic rings. The van der Waals surface area contributed by atoms with Crippen molar-refractivity contribution in [2.45, 2.75) is 44.7 Å². The van der Waals surface area contributed by atoms with Crippen molar-refractivity contribution in [3.63, 3.8) is 0 Å². The van der Waals surface area contributed by atoms with Crippen LogP contribution in [-0.2, 0) is 4.79 Å². The highest BCUT2D eigenvalue weighted by atomic mass is 19.3. The van der Waals surface area contributed by atoms with Crippen LogP contribution in [0.3, 0.4) is 0 Å². The third kappa shape index (κ3) is 4.15. The maximum Gasteiger partial charge on any atom is 0.341 e. The first kappa shape index (κ1) is 12.3. The van der Waals surface area contributed by atoms with E-state index in [1.807, 2.05) is 0 Å². The predicted octanol–water partition coefficient (Wildman–Crippen LogP) is 2.62. The Balaban J connectivity index is 4.16. The summed E-state index contributed by atoms with van der Waals surface area (Å²) in [6, 6.07) is 0. The molecular weight excluding hydrogens is 185 g/mol. The molecule has 1 unspecified atom stereocenters. The van der Waals surface area contributed by atoms with Gasteiger partial charge in [0.05, 0.1) is 0 Å². The van der Waals surface area contributed by atoms with Crippen LogP contribution < -0.4 is 0 Å². The van der Waals surface area contributed by atoms with Crippen LogP contribution >= 0.6 is 0 Å². The average Bonchev–Trinajstić information content (AvgIpc) is 2.01. The molecule has 0 bridgehead atoms. The van der Waals surface area contributed by atoms with Gasteiger partial charge in [0.15, 0.2) is 0 Å². The largest absolute Gasteiger partial charge is 0.479 e. The van der Waals surface area contributed by atoms with Gasteiger partial charge in [-0.15, -0.1) is 0 Å². The molecule has 0 spiro atoms. The number of carboxylic acid groups (broad SMARTS) is 1. The van der Waals surface area contributed by atoms with E-state index in [1.54, 1.807) is 6.92 Å². The molecule has 0 amide bonds. The molecule has 0 aromatic heterocycles. The quantitative estimate of drug-likeness (QED) is 0.712. The van der Waals surface area contributed by atoms with Crippen molar-refractivity contribution in [3.8, 4) is 0 Å². The summed E-state index contributed by atoms with van der Waals surface area (Å²) in [7, 11) is 0. The van der Waals surface area contributed by atoms with E-state index < -0.39 is 30.9 Å². The molecule has 0 fully saturated rings. The van der Waals surface area contributed by atoms with Gasteiger partial charge in [-0.25, -0.2) is 18.0 Å². The molecular formula is C8H13F3O2.